The van der Waals surface area contributed by atoms with E-state index in [1.54, 1.807) is 55.3 Å². The minimum atomic E-state index is -1.05. The van der Waals surface area contributed by atoms with Crippen LogP contribution in [0.5, 0.6) is 11.5 Å². The zero-order chi connectivity index (χ0) is 36.0. The molecule has 0 spiro atoms. The van der Waals surface area contributed by atoms with Gasteiger partial charge in [-0.2, -0.15) is 0 Å². The van der Waals surface area contributed by atoms with E-state index in [0.29, 0.717) is 38.8 Å². The van der Waals surface area contributed by atoms with Crippen molar-refractivity contribution in [3.63, 3.8) is 0 Å². The summed E-state index contributed by atoms with van der Waals surface area (Å²) in [5.41, 5.74) is 1.26. The van der Waals surface area contributed by atoms with Crippen molar-refractivity contribution in [3.8, 4) is 11.5 Å². The lowest BCUT2D eigenvalue weighted by molar-refractivity contribution is -0.144. The van der Waals surface area contributed by atoms with Crippen LogP contribution in [0.25, 0.3) is 0 Å². The highest BCUT2D eigenvalue weighted by atomic mass is 35.5. The van der Waals surface area contributed by atoms with Crippen molar-refractivity contribution in [1.82, 2.24) is 0 Å². The van der Waals surface area contributed by atoms with Crippen molar-refractivity contribution in [2.24, 2.45) is 0 Å². The molecule has 0 amide bonds. The number of halogens is 2. The molecule has 3 N–H and O–H groups in total. The van der Waals surface area contributed by atoms with Crippen LogP contribution < -0.4 is 15.4 Å². The first kappa shape index (κ1) is 37.0. The number of nitrogens with one attached hydrogen (secondary N) is 2. The molecule has 0 aliphatic heterocycles. The molecule has 2 atom stereocenters. The van der Waals surface area contributed by atoms with Crippen molar-refractivity contribution in [1.29, 1.82) is 0 Å². The van der Waals surface area contributed by atoms with Gasteiger partial charge in [-0.1, -0.05) is 41.4 Å². The van der Waals surface area contributed by atoms with Gasteiger partial charge >= 0.3 is 11.9 Å². The summed E-state index contributed by atoms with van der Waals surface area (Å²) in [6, 6.07) is 30.7. The molecule has 6 rings (SSSR count). The smallest absolute Gasteiger partial charge is 0.336 e. The van der Waals surface area contributed by atoms with Gasteiger partial charge in [0.1, 0.15) is 34.5 Å². The second-order valence-electron chi connectivity index (χ2n) is 10.7. The largest absolute Gasteiger partial charge is 0.479 e. The normalized spacial score (nSPS) is 11.8. The van der Waals surface area contributed by atoms with Gasteiger partial charge in [0, 0.05) is 21.4 Å². The lowest BCUT2D eigenvalue weighted by Crippen LogP contribution is -2.23. The number of ether oxygens (including phenoxy) is 2. The van der Waals surface area contributed by atoms with Crippen LogP contribution in [0, 0.1) is 0 Å². The lowest BCUT2D eigenvalue weighted by Gasteiger charge is -2.17. The van der Waals surface area contributed by atoms with Gasteiger partial charge in [0.25, 0.3) is 0 Å². The average molecular weight is 750 g/mol. The van der Waals surface area contributed by atoms with Crippen molar-refractivity contribution in [2.45, 2.75) is 30.5 Å². The molecule has 0 bridgehead atoms. The summed E-state index contributed by atoms with van der Waals surface area (Å²) in [5.74, 6) is 3.94. The minimum absolute atomic E-state index is 0.285. The number of para-hydroxylation sites is 1. The topological polar surface area (TPSA) is 136 Å². The minimum Gasteiger partial charge on any atom is -0.479 e. The SMILES string of the molecule is CCOC(=O)C(Nc1ccc(Oc2ccccc2)cc1)c1ccc(CSCc2ccco2)o1.O=C(O)C(Nc1cc(Cl)cc(Cl)c1)c1ccco1. The number of benzene rings is 3. The second-order valence-corrected chi connectivity index (χ2v) is 12.6. The molecule has 13 heteroatoms. The molecule has 0 radical (unpaired) electrons. The van der Waals surface area contributed by atoms with Gasteiger partial charge in [-0.3, -0.25) is 0 Å². The number of carbonyl (C=O) groups excluding carboxylic acids is 1. The van der Waals surface area contributed by atoms with E-state index in [9.17, 15) is 9.59 Å². The van der Waals surface area contributed by atoms with Gasteiger partial charge in [-0.25, -0.2) is 9.59 Å². The molecule has 3 heterocycles. The van der Waals surface area contributed by atoms with Crippen LogP contribution in [0.4, 0.5) is 11.4 Å². The standard InChI is InChI=1S/C26H25NO5S.C12H9Cl2NO3/c1-2-29-26(28)25(24-15-14-23(32-24)18-33-17-22-9-6-16-30-22)27-19-10-12-21(13-11-19)31-20-7-4-3-5-8-20;13-7-4-8(14)6-9(5-7)15-11(12(16)17)10-2-1-3-18-10/h3-16,25,27H,2,17-18H2,1H3;1-6,11,15H,(H,16,17). The molecule has 6 aromatic rings. The second kappa shape index (κ2) is 18.7. The van der Waals surface area contributed by atoms with Crippen molar-refractivity contribution in [2.75, 3.05) is 17.2 Å². The average Bonchev–Trinajstić information content (AvgIpc) is 3.92. The molecule has 2 unspecified atom stereocenters. The van der Waals surface area contributed by atoms with E-state index in [0.717, 1.165) is 28.7 Å². The Balaban J connectivity index is 0.000000236. The van der Waals surface area contributed by atoms with Crippen LogP contribution in [0.15, 0.2) is 135 Å². The van der Waals surface area contributed by atoms with E-state index in [4.69, 9.17) is 51.0 Å². The fraction of sp³-hybridized carbons (Fsp3) is 0.158. The quantitative estimate of drug-likeness (QED) is 0.0865. The molecule has 10 nitrogen and oxygen atoms in total. The van der Waals surface area contributed by atoms with Crippen molar-refractivity contribution in [3.05, 3.63) is 155 Å². The highest BCUT2D eigenvalue weighted by molar-refractivity contribution is 7.97. The van der Waals surface area contributed by atoms with E-state index in [1.807, 2.05) is 78.9 Å². The summed E-state index contributed by atoms with van der Waals surface area (Å²) < 4.78 is 27.5. The number of anilines is 2. The first-order chi connectivity index (χ1) is 24.8. The summed E-state index contributed by atoms with van der Waals surface area (Å²) in [5, 5.41) is 16.0. The third-order valence-electron chi connectivity index (χ3n) is 6.95. The van der Waals surface area contributed by atoms with Gasteiger partial charge in [0.15, 0.2) is 12.1 Å². The third-order valence-corrected chi connectivity index (χ3v) is 8.36. The summed E-state index contributed by atoms with van der Waals surface area (Å²) in [4.78, 5) is 23.8. The Morgan fingerprint density at radius 2 is 1.39 bits per heavy atom. The van der Waals surface area contributed by atoms with Crippen molar-refractivity contribution < 1.29 is 37.4 Å². The fourth-order valence-corrected chi connectivity index (χ4v) is 6.02. The number of furan rings is 3. The lowest BCUT2D eigenvalue weighted by atomic mass is 10.2. The van der Waals surface area contributed by atoms with Crippen LogP contribution in [-0.4, -0.2) is 23.7 Å². The predicted octanol–water partition coefficient (Wildman–Crippen LogP) is 10.6. The number of aliphatic carboxylic acids is 1. The molecule has 3 aromatic carbocycles. The molecule has 0 aliphatic carbocycles. The monoisotopic (exact) mass is 748 g/mol. The maximum Gasteiger partial charge on any atom is 0.336 e. The zero-order valence-corrected chi connectivity index (χ0v) is 29.6. The molecule has 0 aliphatic rings. The highest BCUT2D eigenvalue weighted by Gasteiger charge is 2.26. The number of carboxylic acid groups (broad SMARTS) is 1. The van der Waals surface area contributed by atoms with Crippen molar-refractivity contribution >= 4 is 58.3 Å². The Kier molecular flexibility index (Phi) is 13.6. The predicted molar refractivity (Wildman–Crippen MR) is 198 cm³/mol. The first-order valence-corrected chi connectivity index (χ1v) is 17.6. The molecule has 0 saturated carbocycles. The van der Waals surface area contributed by atoms with Crippen LogP contribution in [0.1, 0.15) is 42.0 Å². The number of esters is 1. The van der Waals surface area contributed by atoms with Gasteiger partial charge in [-0.15, -0.1) is 11.8 Å². The Bertz CT molecular complexity index is 1930. The molecule has 51 heavy (non-hydrogen) atoms. The number of thioether (sulfide) groups is 1. The molecule has 0 saturated heterocycles. The number of carboxylic acids is 1. The van der Waals surface area contributed by atoms with Crippen LogP contribution in [-0.2, 0) is 25.8 Å². The fourth-order valence-electron chi connectivity index (χ4n) is 4.67. The Morgan fingerprint density at radius 1 is 0.725 bits per heavy atom. The van der Waals surface area contributed by atoms with E-state index < -0.39 is 24.0 Å². The molecule has 0 fully saturated rings. The van der Waals surface area contributed by atoms with E-state index in [-0.39, 0.29) is 6.61 Å². The van der Waals surface area contributed by atoms with Gasteiger partial charge < -0.3 is 38.5 Å². The van der Waals surface area contributed by atoms with Gasteiger partial charge in [0.05, 0.1) is 30.6 Å². The van der Waals surface area contributed by atoms with Crippen LogP contribution in [0.2, 0.25) is 10.0 Å². The molecular formula is C38H34Cl2N2O8S. The summed E-state index contributed by atoms with van der Waals surface area (Å²) in [6.45, 7) is 2.07. The zero-order valence-electron chi connectivity index (χ0n) is 27.3. The van der Waals surface area contributed by atoms with Crippen LogP contribution >= 0.6 is 35.0 Å². The summed E-state index contributed by atoms with van der Waals surface area (Å²) >= 11 is 13.4. The number of carbonyl (C=O) groups is 2. The molecule has 264 valence electrons. The van der Waals surface area contributed by atoms with E-state index in [1.165, 1.54) is 6.26 Å². The Labute approximate surface area is 308 Å². The first-order valence-electron chi connectivity index (χ1n) is 15.7. The molecule has 3 aromatic heterocycles. The maximum atomic E-state index is 12.6. The van der Waals surface area contributed by atoms with Gasteiger partial charge in [0.2, 0.25) is 0 Å². The highest BCUT2D eigenvalue weighted by Crippen LogP contribution is 2.29. The van der Waals surface area contributed by atoms with Crippen LogP contribution in [0.3, 0.4) is 0 Å². The maximum absolute atomic E-state index is 12.6. The van der Waals surface area contributed by atoms with Gasteiger partial charge in [-0.05, 0) is 97.9 Å². The summed E-state index contributed by atoms with van der Waals surface area (Å²) in [7, 11) is 0. The molecular weight excluding hydrogens is 715 g/mol. The number of hydrogen-bond acceptors (Lipinski definition) is 10. The van der Waals surface area contributed by atoms with E-state index >= 15 is 0 Å². The number of rotatable bonds is 15. The van der Waals surface area contributed by atoms with E-state index in [2.05, 4.69) is 10.6 Å². The Hall–Kier alpha value is -5.23. The Morgan fingerprint density at radius 3 is 2.04 bits per heavy atom. The third kappa shape index (κ3) is 11.4. The summed E-state index contributed by atoms with van der Waals surface area (Å²) in [6.07, 6.45) is 3.08. The number of hydrogen-bond donors (Lipinski definition) is 3.